The molecule has 0 spiro atoms. The first kappa shape index (κ1) is 20.9. The molecule has 1 aliphatic carbocycles. The first-order valence-corrected chi connectivity index (χ1v) is 10.4. The zero-order valence-corrected chi connectivity index (χ0v) is 17.3. The average Bonchev–Trinajstić information content (AvgIpc) is 3.39. The Labute approximate surface area is 180 Å². The van der Waals surface area contributed by atoms with Crippen LogP contribution < -0.4 is 10.6 Å². The summed E-state index contributed by atoms with van der Waals surface area (Å²) in [5, 5.41) is 14.4. The summed E-state index contributed by atoms with van der Waals surface area (Å²) in [5.41, 5.74) is 2.41. The fraction of sp³-hybridized carbons (Fsp3) is 0.409. The number of carbonyl (C=O) groups excluding carboxylic acids is 2. The Morgan fingerprint density at radius 3 is 2.97 bits per heavy atom. The van der Waals surface area contributed by atoms with Crippen LogP contribution in [0.25, 0.3) is 0 Å². The highest BCUT2D eigenvalue weighted by molar-refractivity contribution is 6.08. The van der Waals surface area contributed by atoms with E-state index in [0.29, 0.717) is 54.6 Å². The standard InChI is InChI=1S/C22H25N5O4/c1-2-31-22(29)15-8-14(15)21(23)16-10-24-20(25-12-28)9-18(16)27-19-5-3-4-17(26-19)13-6-7-30-11-13/h3-5,9-10,12-15,23H,2,6-8,11H2,1H3,(H2,24,25,26,27,28). The number of aromatic nitrogens is 2. The second-order valence-electron chi connectivity index (χ2n) is 7.62. The number of nitrogens with one attached hydrogen (secondary N) is 3. The Balaban J connectivity index is 1.58. The maximum Gasteiger partial charge on any atom is 0.309 e. The minimum Gasteiger partial charge on any atom is -0.466 e. The van der Waals surface area contributed by atoms with Gasteiger partial charge < -0.3 is 25.5 Å². The fourth-order valence-corrected chi connectivity index (χ4v) is 3.79. The quantitative estimate of drug-likeness (QED) is 0.322. The topological polar surface area (TPSA) is 126 Å². The van der Waals surface area contributed by atoms with E-state index in [1.54, 1.807) is 13.0 Å². The molecule has 3 N–H and O–H groups in total. The molecule has 1 saturated heterocycles. The largest absolute Gasteiger partial charge is 0.466 e. The number of pyridine rings is 2. The first-order valence-electron chi connectivity index (χ1n) is 10.4. The highest BCUT2D eigenvalue weighted by atomic mass is 16.5. The lowest BCUT2D eigenvalue weighted by molar-refractivity contribution is -0.144. The lowest BCUT2D eigenvalue weighted by Gasteiger charge is -2.15. The third-order valence-corrected chi connectivity index (χ3v) is 5.53. The van der Waals surface area contributed by atoms with Gasteiger partial charge in [0.1, 0.15) is 11.6 Å². The number of amides is 1. The predicted molar refractivity (Wildman–Crippen MR) is 115 cm³/mol. The van der Waals surface area contributed by atoms with Gasteiger partial charge in [-0.2, -0.15) is 0 Å². The molecule has 3 heterocycles. The van der Waals surface area contributed by atoms with Gasteiger partial charge in [-0.1, -0.05) is 6.07 Å². The highest BCUT2D eigenvalue weighted by Crippen LogP contribution is 2.43. The molecule has 3 unspecified atom stereocenters. The summed E-state index contributed by atoms with van der Waals surface area (Å²) in [6.45, 7) is 3.49. The number of hydrogen-bond donors (Lipinski definition) is 3. The predicted octanol–water partition coefficient (Wildman–Crippen LogP) is 2.86. The summed E-state index contributed by atoms with van der Waals surface area (Å²) in [4.78, 5) is 31.8. The average molecular weight is 423 g/mol. The molecule has 3 atom stereocenters. The monoisotopic (exact) mass is 423 g/mol. The summed E-state index contributed by atoms with van der Waals surface area (Å²) in [5.74, 6) is 0.470. The molecule has 1 saturated carbocycles. The molecule has 1 amide bonds. The van der Waals surface area contributed by atoms with Crippen molar-refractivity contribution in [3.63, 3.8) is 0 Å². The van der Waals surface area contributed by atoms with E-state index >= 15 is 0 Å². The van der Waals surface area contributed by atoms with E-state index in [-0.39, 0.29) is 23.7 Å². The Hall–Kier alpha value is -3.33. The molecule has 162 valence electrons. The van der Waals surface area contributed by atoms with E-state index in [2.05, 4.69) is 15.6 Å². The third-order valence-electron chi connectivity index (χ3n) is 5.53. The van der Waals surface area contributed by atoms with Crippen molar-refractivity contribution in [2.24, 2.45) is 11.8 Å². The minimum absolute atomic E-state index is 0.207. The van der Waals surface area contributed by atoms with Crippen molar-refractivity contribution in [2.75, 3.05) is 30.5 Å². The normalized spacial score (nSPS) is 21.9. The number of esters is 1. The zero-order valence-electron chi connectivity index (χ0n) is 17.3. The van der Waals surface area contributed by atoms with Gasteiger partial charge in [-0.15, -0.1) is 0 Å². The maximum absolute atomic E-state index is 12.0. The molecule has 9 heteroatoms. The number of ether oxygens (including phenoxy) is 2. The van der Waals surface area contributed by atoms with Crippen LogP contribution in [0, 0.1) is 17.2 Å². The minimum atomic E-state index is -0.295. The SMILES string of the molecule is CCOC(=O)C1CC1C(=N)c1cnc(NC=O)cc1Nc1cccc(C2CCOC2)n1. The molecule has 4 rings (SSSR count). The van der Waals surface area contributed by atoms with Gasteiger partial charge in [0.2, 0.25) is 6.41 Å². The van der Waals surface area contributed by atoms with E-state index in [0.717, 1.165) is 18.7 Å². The molecule has 31 heavy (non-hydrogen) atoms. The molecule has 2 aliphatic rings. The summed E-state index contributed by atoms with van der Waals surface area (Å²) in [6.07, 6.45) is 3.60. The van der Waals surface area contributed by atoms with Crippen molar-refractivity contribution < 1.29 is 19.1 Å². The van der Waals surface area contributed by atoms with Gasteiger partial charge in [-0.05, 0) is 31.9 Å². The molecule has 0 bridgehead atoms. The van der Waals surface area contributed by atoms with Gasteiger partial charge in [0.05, 0.1) is 24.8 Å². The van der Waals surface area contributed by atoms with E-state index in [4.69, 9.17) is 19.9 Å². The van der Waals surface area contributed by atoms with Crippen LogP contribution in [0.2, 0.25) is 0 Å². The molecule has 2 fully saturated rings. The van der Waals surface area contributed by atoms with Crippen LogP contribution in [0.15, 0.2) is 30.5 Å². The number of rotatable bonds is 9. The van der Waals surface area contributed by atoms with Crippen molar-refractivity contribution in [2.45, 2.75) is 25.7 Å². The molecular formula is C22H25N5O4. The van der Waals surface area contributed by atoms with Crippen LogP contribution in [0.5, 0.6) is 0 Å². The Kier molecular flexibility index (Phi) is 6.22. The molecule has 2 aromatic rings. The lowest BCUT2D eigenvalue weighted by atomic mass is 10.0. The van der Waals surface area contributed by atoms with Crippen molar-refractivity contribution in [1.29, 1.82) is 5.41 Å². The number of anilines is 3. The van der Waals surface area contributed by atoms with Gasteiger partial charge >= 0.3 is 5.97 Å². The number of nitrogens with zero attached hydrogens (tertiary/aromatic N) is 2. The van der Waals surface area contributed by atoms with Gasteiger partial charge in [0.15, 0.2) is 0 Å². The Morgan fingerprint density at radius 1 is 1.35 bits per heavy atom. The number of hydrogen-bond acceptors (Lipinski definition) is 8. The van der Waals surface area contributed by atoms with Gasteiger partial charge in [0, 0.05) is 47.7 Å². The molecular weight excluding hydrogens is 398 g/mol. The smallest absolute Gasteiger partial charge is 0.309 e. The van der Waals surface area contributed by atoms with E-state index < -0.39 is 0 Å². The van der Waals surface area contributed by atoms with Crippen molar-refractivity contribution in [1.82, 2.24) is 9.97 Å². The van der Waals surface area contributed by atoms with Crippen LogP contribution in [-0.4, -0.2) is 47.9 Å². The van der Waals surface area contributed by atoms with Crippen LogP contribution >= 0.6 is 0 Å². The molecule has 0 aromatic carbocycles. The van der Waals surface area contributed by atoms with Crippen LogP contribution in [0.4, 0.5) is 17.3 Å². The van der Waals surface area contributed by atoms with Crippen molar-refractivity contribution in [3.05, 3.63) is 41.7 Å². The highest BCUT2D eigenvalue weighted by Gasteiger charge is 2.47. The van der Waals surface area contributed by atoms with Gasteiger partial charge in [0.25, 0.3) is 0 Å². The second-order valence-corrected chi connectivity index (χ2v) is 7.62. The summed E-state index contributed by atoms with van der Waals surface area (Å²) in [7, 11) is 0. The van der Waals surface area contributed by atoms with Crippen molar-refractivity contribution >= 4 is 35.4 Å². The summed E-state index contributed by atoms with van der Waals surface area (Å²) in [6, 6.07) is 7.41. The first-order chi connectivity index (χ1) is 15.1. The Bertz CT molecular complexity index is 990. The van der Waals surface area contributed by atoms with Crippen LogP contribution in [0.1, 0.15) is 36.9 Å². The van der Waals surface area contributed by atoms with Gasteiger partial charge in [-0.3, -0.25) is 9.59 Å². The van der Waals surface area contributed by atoms with E-state index in [1.807, 2.05) is 18.2 Å². The Morgan fingerprint density at radius 2 is 2.23 bits per heavy atom. The summed E-state index contributed by atoms with van der Waals surface area (Å²) < 4.78 is 10.6. The van der Waals surface area contributed by atoms with Gasteiger partial charge in [-0.25, -0.2) is 9.97 Å². The zero-order chi connectivity index (χ0) is 21.8. The number of carbonyl (C=O) groups is 2. The lowest BCUT2D eigenvalue weighted by Crippen LogP contribution is -2.14. The third kappa shape index (κ3) is 4.72. The van der Waals surface area contributed by atoms with E-state index in [1.165, 1.54) is 6.20 Å². The molecule has 0 radical (unpaired) electrons. The second kappa shape index (κ2) is 9.22. The molecule has 1 aliphatic heterocycles. The molecule has 9 nitrogen and oxygen atoms in total. The maximum atomic E-state index is 12.0. The van der Waals surface area contributed by atoms with Crippen LogP contribution in [-0.2, 0) is 19.1 Å². The van der Waals surface area contributed by atoms with E-state index in [9.17, 15) is 9.59 Å². The fourth-order valence-electron chi connectivity index (χ4n) is 3.79. The molecule has 2 aromatic heterocycles. The summed E-state index contributed by atoms with van der Waals surface area (Å²) >= 11 is 0. The van der Waals surface area contributed by atoms with Crippen molar-refractivity contribution in [3.8, 4) is 0 Å². The van der Waals surface area contributed by atoms with Crippen LogP contribution in [0.3, 0.4) is 0 Å².